The zero-order valence-electron chi connectivity index (χ0n) is 15.7. The highest BCUT2D eigenvalue weighted by molar-refractivity contribution is 5.84. The van der Waals surface area contributed by atoms with Crippen molar-refractivity contribution in [2.45, 2.75) is 12.8 Å². The van der Waals surface area contributed by atoms with Crippen molar-refractivity contribution in [3.05, 3.63) is 114 Å². The molecule has 28 heavy (non-hydrogen) atoms. The number of benzene rings is 2. The van der Waals surface area contributed by atoms with Crippen LogP contribution in [0.2, 0.25) is 0 Å². The van der Waals surface area contributed by atoms with E-state index in [4.69, 9.17) is 0 Å². The predicted molar refractivity (Wildman–Crippen MR) is 115 cm³/mol. The van der Waals surface area contributed by atoms with E-state index in [1.54, 1.807) is 12.1 Å². The fraction of sp³-hybridized carbons (Fsp3) is 0.154. The van der Waals surface area contributed by atoms with Gasteiger partial charge in [-0.3, -0.25) is 0 Å². The van der Waals surface area contributed by atoms with Gasteiger partial charge in [0.05, 0.1) is 0 Å². The van der Waals surface area contributed by atoms with Crippen LogP contribution in [-0.2, 0) is 0 Å². The number of allylic oxidation sites excluding steroid dienone is 9. The summed E-state index contributed by atoms with van der Waals surface area (Å²) < 4.78 is 0. The first-order valence-electron chi connectivity index (χ1n) is 9.73. The smallest absolute Gasteiger partial charge is 0.158 e. The quantitative estimate of drug-likeness (QED) is 0.599. The molecular weight excluding hydrogens is 344 g/mol. The zero-order chi connectivity index (χ0) is 19.3. The maximum atomic E-state index is 10.1. The molecule has 0 saturated heterocycles. The molecule has 0 amide bonds. The molecule has 0 radical (unpaired) electrons. The van der Waals surface area contributed by atoms with Gasteiger partial charge in [0.2, 0.25) is 0 Å². The van der Waals surface area contributed by atoms with Crippen molar-refractivity contribution >= 4 is 5.57 Å². The van der Waals surface area contributed by atoms with Crippen LogP contribution in [0.25, 0.3) is 5.57 Å². The Hall–Kier alpha value is -3.26. The van der Waals surface area contributed by atoms with Crippen LogP contribution in [0, 0.1) is 11.8 Å². The zero-order valence-corrected chi connectivity index (χ0v) is 15.7. The summed E-state index contributed by atoms with van der Waals surface area (Å²) in [6.45, 7) is 0. The van der Waals surface area contributed by atoms with Gasteiger partial charge in [-0.1, -0.05) is 90.6 Å². The van der Waals surface area contributed by atoms with E-state index < -0.39 is 0 Å². The van der Waals surface area contributed by atoms with E-state index in [0.29, 0.717) is 5.92 Å². The molecule has 0 aliphatic heterocycles. The van der Waals surface area contributed by atoms with Gasteiger partial charge in [0, 0.05) is 5.92 Å². The van der Waals surface area contributed by atoms with Gasteiger partial charge in [0.1, 0.15) is 0 Å². The molecule has 2 aliphatic rings. The summed E-state index contributed by atoms with van der Waals surface area (Å²) >= 11 is 0. The lowest BCUT2D eigenvalue weighted by Gasteiger charge is -2.21. The minimum Gasteiger partial charge on any atom is -0.504 e. The molecule has 0 spiro atoms. The van der Waals surface area contributed by atoms with Crippen LogP contribution in [0.15, 0.2) is 103 Å². The molecule has 140 valence electrons. The second kappa shape index (κ2) is 8.18. The number of hydrogen-bond acceptors (Lipinski definition) is 2. The molecule has 0 heterocycles. The summed E-state index contributed by atoms with van der Waals surface area (Å²) in [5.74, 6) is 0.513. The highest BCUT2D eigenvalue weighted by Gasteiger charge is 2.20. The molecule has 0 unspecified atom stereocenters. The van der Waals surface area contributed by atoms with E-state index in [9.17, 15) is 10.2 Å². The molecule has 4 rings (SSSR count). The number of aromatic hydroxyl groups is 2. The molecule has 2 aromatic carbocycles. The minimum absolute atomic E-state index is 0.0931. The molecule has 2 nitrogen and oxygen atoms in total. The van der Waals surface area contributed by atoms with Crippen molar-refractivity contribution in [1.82, 2.24) is 0 Å². The van der Waals surface area contributed by atoms with E-state index in [1.807, 2.05) is 24.3 Å². The van der Waals surface area contributed by atoms with Gasteiger partial charge < -0.3 is 10.2 Å². The van der Waals surface area contributed by atoms with Crippen LogP contribution >= 0.6 is 0 Å². The molecule has 0 bridgehead atoms. The molecule has 0 atom stereocenters. The van der Waals surface area contributed by atoms with Gasteiger partial charge in [0.25, 0.3) is 0 Å². The monoisotopic (exact) mass is 368 g/mol. The lowest BCUT2D eigenvalue weighted by atomic mass is 9.83. The van der Waals surface area contributed by atoms with Crippen LogP contribution < -0.4 is 0 Å². The first-order chi connectivity index (χ1) is 13.7. The summed E-state index contributed by atoms with van der Waals surface area (Å²) in [5.41, 5.74) is 4.49. The van der Waals surface area contributed by atoms with Crippen molar-refractivity contribution in [1.29, 1.82) is 0 Å². The lowest BCUT2D eigenvalue weighted by Crippen LogP contribution is -2.05. The van der Waals surface area contributed by atoms with Crippen molar-refractivity contribution in [2.24, 2.45) is 11.8 Å². The Morgan fingerprint density at radius 1 is 0.714 bits per heavy atom. The van der Waals surface area contributed by atoms with Crippen molar-refractivity contribution in [3.63, 3.8) is 0 Å². The van der Waals surface area contributed by atoms with E-state index in [2.05, 4.69) is 60.7 Å². The maximum absolute atomic E-state index is 10.1. The van der Waals surface area contributed by atoms with Crippen LogP contribution in [-0.4, -0.2) is 10.2 Å². The molecule has 0 saturated carbocycles. The van der Waals surface area contributed by atoms with E-state index in [-0.39, 0.29) is 17.4 Å². The van der Waals surface area contributed by atoms with E-state index >= 15 is 0 Å². The van der Waals surface area contributed by atoms with Crippen LogP contribution in [0.3, 0.4) is 0 Å². The Morgan fingerprint density at radius 2 is 1.39 bits per heavy atom. The van der Waals surface area contributed by atoms with Crippen LogP contribution in [0.4, 0.5) is 0 Å². The van der Waals surface area contributed by atoms with Gasteiger partial charge in [0.15, 0.2) is 11.5 Å². The summed E-state index contributed by atoms with van der Waals surface area (Å²) in [5, 5.41) is 19.9. The molecule has 2 aromatic rings. The largest absolute Gasteiger partial charge is 0.504 e. The van der Waals surface area contributed by atoms with E-state index in [0.717, 1.165) is 29.5 Å². The Bertz CT molecular complexity index is 966. The van der Waals surface area contributed by atoms with E-state index in [1.165, 1.54) is 5.57 Å². The highest BCUT2D eigenvalue weighted by atomic mass is 16.3. The van der Waals surface area contributed by atoms with Gasteiger partial charge >= 0.3 is 0 Å². The maximum Gasteiger partial charge on any atom is 0.158 e. The second-order valence-electron chi connectivity index (χ2n) is 7.24. The molecule has 2 aliphatic carbocycles. The van der Waals surface area contributed by atoms with Crippen molar-refractivity contribution in [3.8, 4) is 11.5 Å². The lowest BCUT2D eigenvalue weighted by molar-refractivity contribution is 0.403. The molecule has 0 aromatic heterocycles. The normalized spacial score (nSPS) is 16.9. The molecular formula is C26H24O2. The summed E-state index contributed by atoms with van der Waals surface area (Å²) in [6, 6.07) is 15.4. The molecule has 2 N–H and O–H groups in total. The SMILES string of the molecule is Oc1ccc(/C(=C(/CCC2C=CC=C2)C2C=CC=C2)c2ccccc2)cc1O. The number of phenols is 2. The second-order valence-corrected chi connectivity index (χ2v) is 7.24. The van der Waals surface area contributed by atoms with Crippen molar-refractivity contribution in [2.75, 3.05) is 0 Å². The average molecular weight is 368 g/mol. The Morgan fingerprint density at radius 3 is 2.07 bits per heavy atom. The Kier molecular flexibility index (Phi) is 5.29. The summed E-state index contributed by atoms with van der Waals surface area (Å²) in [7, 11) is 0. The number of phenolic OH excluding ortho intramolecular Hbond substituents is 2. The third-order valence-electron chi connectivity index (χ3n) is 5.37. The molecule has 2 heteroatoms. The van der Waals surface area contributed by atoms with Gasteiger partial charge in [-0.25, -0.2) is 0 Å². The fourth-order valence-electron chi connectivity index (χ4n) is 3.94. The first-order valence-corrected chi connectivity index (χ1v) is 9.73. The van der Waals surface area contributed by atoms with Gasteiger partial charge in [-0.05, 0) is 47.6 Å². The predicted octanol–water partition coefficient (Wildman–Crippen LogP) is 6.16. The summed E-state index contributed by atoms with van der Waals surface area (Å²) in [6.07, 6.45) is 19.3. The Balaban J connectivity index is 1.84. The molecule has 0 fully saturated rings. The van der Waals surface area contributed by atoms with Crippen LogP contribution in [0.5, 0.6) is 11.5 Å². The van der Waals surface area contributed by atoms with Crippen molar-refractivity contribution < 1.29 is 10.2 Å². The van der Waals surface area contributed by atoms with Gasteiger partial charge in [-0.15, -0.1) is 0 Å². The van der Waals surface area contributed by atoms with Crippen LogP contribution in [0.1, 0.15) is 24.0 Å². The number of rotatable bonds is 6. The third-order valence-corrected chi connectivity index (χ3v) is 5.37. The third kappa shape index (κ3) is 3.86. The standard InChI is InChI=1S/C26H24O2/c27-24-17-15-22(18-25(24)28)26(21-12-2-1-3-13-21)23(20-10-6-7-11-20)16-14-19-8-4-5-9-19/h1-13,15,17-20,27-28H,14,16H2/b26-23-. The minimum atomic E-state index is -0.0976. The summed E-state index contributed by atoms with van der Waals surface area (Å²) in [4.78, 5) is 0. The first kappa shape index (κ1) is 18.1. The van der Waals surface area contributed by atoms with Gasteiger partial charge in [-0.2, -0.15) is 0 Å². The highest BCUT2D eigenvalue weighted by Crippen LogP contribution is 2.39. The average Bonchev–Trinajstić information content (AvgIpc) is 3.42. The topological polar surface area (TPSA) is 40.5 Å². The number of hydrogen-bond donors (Lipinski definition) is 2. The Labute approximate surface area is 166 Å². The fourth-order valence-corrected chi connectivity index (χ4v) is 3.94.